The van der Waals surface area contributed by atoms with Crippen molar-refractivity contribution in [3.8, 4) is 0 Å². The molecule has 0 aliphatic heterocycles. The molecule has 0 spiro atoms. The molecule has 3 aliphatic carbocycles. The number of alkyl halides is 1. The van der Waals surface area contributed by atoms with Crippen LogP contribution in [0.5, 0.6) is 0 Å². The van der Waals surface area contributed by atoms with E-state index in [9.17, 15) is 0 Å². The predicted octanol–water partition coefficient (Wildman–Crippen LogP) is 4.00. The highest BCUT2D eigenvalue weighted by Crippen LogP contribution is 2.74. The van der Waals surface area contributed by atoms with Crippen LogP contribution in [0.3, 0.4) is 0 Å². The maximum atomic E-state index is 6.20. The third kappa shape index (κ3) is 0.963. The molecule has 0 N–H and O–H groups in total. The standard InChI is InChI=1S/C12H12Cl2/c13-8-11-5-12(6-11,7-11)9-3-1-2-4-10(9)14/h1-4H,5-8H2. The Hall–Kier alpha value is -0.200. The average molecular weight is 227 g/mol. The van der Waals surface area contributed by atoms with Crippen LogP contribution in [-0.2, 0) is 5.41 Å². The van der Waals surface area contributed by atoms with Crippen LogP contribution in [0.4, 0.5) is 0 Å². The molecule has 0 unspecified atom stereocenters. The summed E-state index contributed by atoms with van der Waals surface area (Å²) in [5.74, 6) is 0.819. The maximum Gasteiger partial charge on any atom is 0.0443 e. The summed E-state index contributed by atoms with van der Waals surface area (Å²) in [6, 6.07) is 8.23. The fraction of sp³-hybridized carbons (Fsp3) is 0.500. The highest BCUT2D eigenvalue weighted by atomic mass is 35.5. The Morgan fingerprint density at radius 2 is 1.79 bits per heavy atom. The minimum absolute atomic E-state index is 0.396. The molecule has 0 saturated heterocycles. The SMILES string of the molecule is ClCC12CC(c3ccccc3Cl)(C1)C2. The molecule has 0 amide bonds. The molecule has 1 aromatic rings. The van der Waals surface area contributed by atoms with Crippen molar-refractivity contribution in [2.75, 3.05) is 5.88 Å². The number of rotatable bonds is 2. The van der Waals surface area contributed by atoms with Crippen molar-refractivity contribution in [3.05, 3.63) is 34.9 Å². The van der Waals surface area contributed by atoms with Crippen LogP contribution in [-0.4, -0.2) is 5.88 Å². The minimum atomic E-state index is 0.396. The van der Waals surface area contributed by atoms with E-state index in [1.54, 1.807) is 0 Å². The third-order valence-corrected chi connectivity index (χ3v) is 4.77. The van der Waals surface area contributed by atoms with Crippen LogP contribution in [0.2, 0.25) is 5.02 Å². The lowest BCUT2D eigenvalue weighted by Crippen LogP contribution is -2.65. The van der Waals surface area contributed by atoms with Crippen molar-refractivity contribution in [3.63, 3.8) is 0 Å². The minimum Gasteiger partial charge on any atom is -0.126 e. The van der Waals surface area contributed by atoms with Crippen LogP contribution in [0.15, 0.2) is 24.3 Å². The van der Waals surface area contributed by atoms with Gasteiger partial charge in [0.2, 0.25) is 0 Å². The maximum absolute atomic E-state index is 6.20. The molecule has 0 aromatic heterocycles. The van der Waals surface area contributed by atoms with Crippen LogP contribution < -0.4 is 0 Å². The molecule has 3 saturated carbocycles. The van der Waals surface area contributed by atoms with E-state index in [0.29, 0.717) is 10.8 Å². The summed E-state index contributed by atoms with van der Waals surface area (Å²) in [5.41, 5.74) is 2.21. The topological polar surface area (TPSA) is 0 Å². The highest BCUT2D eigenvalue weighted by Gasteiger charge is 2.67. The van der Waals surface area contributed by atoms with Gasteiger partial charge >= 0.3 is 0 Å². The number of hydrogen-bond acceptors (Lipinski definition) is 0. The van der Waals surface area contributed by atoms with Gasteiger partial charge in [0.15, 0.2) is 0 Å². The quantitative estimate of drug-likeness (QED) is 0.670. The van der Waals surface area contributed by atoms with E-state index in [1.165, 1.54) is 24.8 Å². The fourth-order valence-electron chi connectivity index (χ4n) is 3.32. The smallest absolute Gasteiger partial charge is 0.0443 e. The molecule has 0 nitrogen and oxygen atoms in total. The Kier molecular flexibility index (Phi) is 1.73. The second-order valence-corrected chi connectivity index (χ2v) is 5.60. The Morgan fingerprint density at radius 3 is 2.36 bits per heavy atom. The molecule has 14 heavy (non-hydrogen) atoms. The molecule has 3 aliphatic rings. The molecule has 0 heterocycles. The van der Waals surface area contributed by atoms with Gasteiger partial charge in [-0.1, -0.05) is 29.8 Å². The Balaban J connectivity index is 1.91. The number of benzene rings is 1. The van der Waals surface area contributed by atoms with Crippen LogP contribution in [0, 0.1) is 5.41 Å². The molecule has 2 heteroatoms. The fourth-order valence-corrected chi connectivity index (χ4v) is 3.94. The van der Waals surface area contributed by atoms with Gasteiger partial charge in [-0.3, -0.25) is 0 Å². The molecule has 4 rings (SSSR count). The van der Waals surface area contributed by atoms with Crippen molar-refractivity contribution >= 4 is 23.2 Å². The summed E-state index contributed by atoms with van der Waals surface area (Å²) in [5, 5.41) is 0.926. The molecule has 74 valence electrons. The second-order valence-electron chi connectivity index (χ2n) is 4.92. The van der Waals surface area contributed by atoms with Gasteiger partial charge in [0, 0.05) is 10.9 Å². The van der Waals surface area contributed by atoms with Crippen molar-refractivity contribution in [2.45, 2.75) is 24.7 Å². The van der Waals surface area contributed by atoms with Gasteiger partial charge in [-0.2, -0.15) is 0 Å². The summed E-state index contributed by atoms with van der Waals surface area (Å²) in [7, 11) is 0. The van der Waals surface area contributed by atoms with Crippen LogP contribution >= 0.6 is 23.2 Å². The Morgan fingerprint density at radius 1 is 1.14 bits per heavy atom. The second kappa shape index (κ2) is 2.68. The van der Waals surface area contributed by atoms with Gasteiger partial charge in [-0.25, -0.2) is 0 Å². The first-order valence-electron chi connectivity index (χ1n) is 5.01. The predicted molar refractivity (Wildman–Crippen MR) is 60.1 cm³/mol. The average Bonchev–Trinajstić information content (AvgIpc) is 2.04. The van der Waals surface area contributed by atoms with E-state index in [4.69, 9.17) is 23.2 Å². The van der Waals surface area contributed by atoms with Gasteiger partial charge in [0.25, 0.3) is 0 Å². The van der Waals surface area contributed by atoms with E-state index in [2.05, 4.69) is 12.1 Å². The summed E-state index contributed by atoms with van der Waals surface area (Å²) in [6.07, 6.45) is 3.73. The van der Waals surface area contributed by atoms with Crippen LogP contribution in [0.1, 0.15) is 24.8 Å². The zero-order chi connectivity index (χ0) is 9.81. The van der Waals surface area contributed by atoms with Crippen LogP contribution in [0.25, 0.3) is 0 Å². The third-order valence-electron chi connectivity index (χ3n) is 3.87. The van der Waals surface area contributed by atoms with Crippen molar-refractivity contribution in [1.29, 1.82) is 0 Å². The van der Waals surface area contributed by atoms with E-state index >= 15 is 0 Å². The Labute approximate surface area is 94.2 Å². The monoisotopic (exact) mass is 226 g/mol. The van der Waals surface area contributed by atoms with Crippen molar-refractivity contribution < 1.29 is 0 Å². The molecule has 1 aromatic carbocycles. The van der Waals surface area contributed by atoms with Crippen molar-refractivity contribution in [1.82, 2.24) is 0 Å². The molecular weight excluding hydrogens is 215 g/mol. The molecule has 2 bridgehead atoms. The first-order chi connectivity index (χ1) is 6.70. The summed E-state index contributed by atoms with van der Waals surface area (Å²) in [4.78, 5) is 0. The zero-order valence-corrected chi connectivity index (χ0v) is 9.41. The van der Waals surface area contributed by atoms with E-state index in [1.807, 2.05) is 12.1 Å². The first kappa shape index (κ1) is 9.06. The summed E-state index contributed by atoms with van der Waals surface area (Å²) < 4.78 is 0. The van der Waals surface area contributed by atoms with Gasteiger partial charge in [-0.05, 0) is 41.7 Å². The van der Waals surface area contributed by atoms with Crippen molar-refractivity contribution in [2.24, 2.45) is 5.41 Å². The lowest BCUT2D eigenvalue weighted by Gasteiger charge is -2.71. The van der Waals surface area contributed by atoms with Gasteiger partial charge in [0.1, 0.15) is 0 Å². The molecular formula is C12H12Cl2. The molecule has 0 atom stereocenters. The Bertz CT molecular complexity index is 364. The number of halogens is 2. The lowest BCUT2D eigenvalue weighted by molar-refractivity contribution is -0.122. The summed E-state index contributed by atoms with van der Waals surface area (Å²) >= 11 is 12.1. The summed E-state index contributed by atoms with van der Waals surface area (Å²) in [6.45, 7) is 0. The molecule has 3 fully saturated rings. The van der Waals surface area contributed by atoms with E-state index < -0.39 is 0 Å². The first-order valence-corrected chi connectivity index (χ1v) is 5.92. The van der Waals surface area contributed by atoms with E-state index in [-0.39, 0.29) is 0 Å². The van der Waals surface area contributed by atoms with Gasteiger partial charge in [0.05, 0.1) is 0 Å². The normalized spacial score (nSPS) is 38.7. The largest absolute Gasteiger partial charge is 0.126 e. The van der Waals surface area contributed by atoms with E-state index in [0.717, 1.165) is 10.9 Å². The number of hydrogen-bond donors (Lipinski definition) is 0. The highest BCUT2D eigenvalue weighted by molar-refractivity contribution is 6.31. The zero-order valence-electron chi connectivity index (χ0n) is 7.89. The molecule has 0 radical (unpaired) electrons. The van der Waals surface area contributed by atoms with Gasteiger partial charge < -0.3 is 0 Å². The lowest BCUT2D eigenvalue weighted by atomic mass is 9.34. The van der Waals surface area contributed by atoms with Gasteiger partial charge in [-0.15, -0.1) is 11.6 Å².